The van der Waals surface area contributed by atoms with E-state index in [4.69, 9.17) is 9.11 Å². The molecule has 0 aromatic heterocycles. The number of hydrogen-bond donors (Lipinski definition) is 2. The molecule has 0 saturated heterocycles. The van der Waals surface area contributed by atoms with Gasteiger partial charge in [0.2, 0.25) is 10.0 Å². The summed E-state index contributed by atoms with van der Waals surface area (Å²) in [5.41, 5.74) is 0. The third-order valence-electron chi connectivity index (χ3n) is 1.61. The molecule has 0 aliphatic rings. The molecular weight excluding hydrogens is 330 g/mol. The van der Waals surface area contributed by atoms with E-state index >= 15 is 0 Å². The Bertz CT molecular complexity index is 537. The number of rotatable bonds is 9. The maximum absolute atomic E-state index is 11.2. The highest BCUT2D eigenvalue weighted by atomic mass is 32.3. The molecule has 0 heterocycles. The van der Waals surface area contributed by atoms with Gasteiger partial charge in [-0.15, -0.1) is 0 Å². The third kappa shape index (κ3) is 11.2. The lowest BCUT2D eigenvalue weighted by Gasteiger charge is -2.18. The minimum absolute atomic E-state index is 0.465. The Kier molecular flexibility index (Phi) is 6.76. The van der Waals surface area contributed by atoms with Gasteiger partial charge in [0.25, 0.3) is 0 Å². The first kappa shape index (κ1) is 18.7. The summed E-state index contributed by atoms with van der Waals surface area (Å²) in [4.78, 5) is 0. The summed E-state index contributed by atoms with van der Waals surface area (Å²) >= 11 is 0. The average Bonchev–Trinajstić information content (AvgIpc) is 2.09. The molecular formula is C5H13NO10S3. The summed E-state index contributed by atoms with van der Waals surface area (Å²) in [6, 6.07) is 0. The Morgan fingerprint density at radius 3 is 1.37 bits per heavy atom. The maximum atomic E-state index is 11.2. The van der Waals surface area contributed by atoms with Gasteiger partial charge in [0, 0.05) is 13.1 Å². The van der Waals surface area contributed by atoms with Crippen molar-refractivity contribution in [2.24, 2.45) is 0 Å². The molecule has 0 atom stereocenters. The van der Waals surface area contributed by atoms with Crippen LogP contribution in [0.5, 0.6) is 0 Å². The van der Waals surface area contributed by atoms with Crippen molar-refractivity contribution in [1.82, 2.24) is 4.31 Å². The summed E-state index contributed by atoms with van der Waals surface area (Å²) in [5.74, 6) is 0. The lowest BCUT2D eigenvalue weighted by atomic mass is 10.6. The first-order valence-corrected chi connectivity index (χ1v) is 9.08. The highest BCUT2D eigenvalue weighted by Crippen LogP contribution is 2.00. The zero-order chi connectivity index (χ0) is 15.3. The van der Waals surface area contributed by atoms with Gasteiger partial charge in [-0.05, 0) is 0 Å². The standard InChI is InChI=1S/C5H13NO10S3/c1-17(7,8)6(2-4-15-18(9,10)11)3-5-16-19(12,13)14/h2-5H2,1H3,(H,9,10,11)(H,12,13,14). The Hall–Kier alpha value is -0.350. The Labute approximate surface area is 111 Å². The van der Waals surface area contributed by atoms with Crippen LogP contribution in [0.1, 0.15) is 0 Å². The molecule has 0 saturated carbocycles. The van der Waals surface area contributed by atoms with Gasteiger partial charge in [0.1, 0.15) is 0 Å². The highest BCUT2D eigenvalue weighted by Gasteiger charge is 2.18. The molecule has 0 bridgehead atoms. The number of sulfonamides is 1. The van der Waals surface area contributed by atoms with E-state index in [-0.39, 0.29) is 0 Å². The summed E-state index contributed by atoms with van der Waals surface area (Å²) in [5, 5.41) is 0. The minimum Gasteiger partial charge on any atom is -0.264 e. The molecule has 0 aliphatic heterocycles. The molecule has 116 valence electrons. The van der Waals surface area contributed by atoms with E-state index in [1.165, 1.54) is 0 Å². The van der Waals surface area contributed by atoms with Crippen LogP contribution in [0.25, 0.3) is 0 Å². The average molecular weight is 343 g/mol. The Morgan fingerprint density at radius 1 is 0.842 bits per heavy atom. The second-order valence-corrected chi connectivity index (χ2v) is 7.33. The number of hydrogen-bond acceptors (Lipinski definition) is 8. The lowest BCUT2D eigenvalue weighted by molar-refractivity contribution is 0.216. The largest absolute Gasteiger partial charge is 0.397 e. The van der Waals surface area contributed by atoms with Crippen molar-refractivity contribution in [1.29, 1.82) is 0 Å². The van der Waals surface area contributed by atoms with Gasteiger partial charge in [0.15, 0.2) is 0 Å². The topological polar surface area (TPSA) is 165 Å². The summed E-state index contributed by atoms with van der Waals surface area (Å²) in [6.45, 7) is -2.27. The second-order valence-electron chi connectivity index (χ2n) is 3.16. The maximum Gasteiger partial charge on any atom is 0.397 e. The molecule has 11 nitrogen and oxygen atoms in total. The predicted octanol–water partition coefficient (Wildman–Crippen LogP) is -2.11. The molecule has 0 aromatic rings. The molecule has 0 spiro atoms. The van der Waals surface area contributed by atoms with E-state index in [0.717, 1.165) is 6.26 Å². The van der Waals surface area contributed by atoms with Crippen molar-refractivity contribution >= 4 is 30.8 Å². The van der Waals surface area contributed by atoms with Crippen LogP contribution < -0.4 is 0 Å². The van der Waals surface area contributed by atoms with Crippen molar-refractivity contribution in [3.63, 3.8) is 0 Å². The van der Waals surface area contributed by atoms with E-state index in [9.17, 15) is 25.3 Å². The molecule has 0 fully saturated rings. The fourth-order valence-corrected chi connectivity index (χ4v) is 2.31. The first-order chi connectivity index (χ1) is 8.31. The molecule has 14 heteroatoms. The summed E-state index contributed by atoms with van der Waals surface area (Å²) in [7, 11) is -13.2. The van der Waals surface area contributed by atoms with Gasteiger partial charge in [0.05, 0.1) is 19.5 Å². The van der Waals surface area contributed by atoms with E-state index in [2.05, 4.69) is 8.37 Å². The Morgan fingerprint density at radius 2 is 1.16 bits per heavy atom. The smallest absolute Gasteiger partial charge is 0.264 e. The summed E-state index contributed by atoms with van der Waals surface area (Å²) < 4.78 is 88.4. The minimum atomic E-state index is -4.70. The fourth-order valence-electron chi connectivity index (χ4n) is 0.932. The quantitative estimate of drug-likeness (QED) is 0.442. The lowest BCUT2D eigenvalue weighted by Crippen LogP contribution is -2.36. The van der Waals surface area contributed by atoms with Crippen LogP contribution in [0.4, 0.5) is 0 Å². The highest BCUT2D eigenvalue weighted by molar-refractivity contribution is 7.88. The molecule has 0 unspecified atom stereocenters. The zero-order valence-corrected chi connectivity index (χ0v) is 12.1. The van der Waals surface area contributed by atoms with Crippen LogP contribution in [0, 0.1) is 0 Å². The van der Waals surface area contributed by atoms with Gasteiger partial charge >= 0.3 is 20.8 Å². The van der Waals surface area contributed by atoms with Gasteiger partial charge in [-0.3, -0.25) is 9.11 Å². The van der Waals surface area contributed by atoms with E-state index < -0.39 is 57.1 Å². The second kappa shape index (κ2) is 6.89. The SMILES string of the molecule is CS(=O)(=O)N(CCOS(=O)(=O)O)CCOS(=O)(=O)O. The van der Waals surface area contributed by atoms with Crippen molar-refractivity contribution in [2.75, 3.05) is 32.6 Å². The van der Waals surface area contributed by atoms with Crippen molar-refractivity contribution in [3.05, 3.63) is 0 Å². The van der Waals surface area contributed by atoms with Gasteiger partial charge in [-0.25, -0.2) is 16.8 Å². The monoisotopic (exact) mass is 343 g/mol. The molecule has 19 heavy (non-hydrogen) atoms. The molecule has 0 amide bonds. The van der Waals surface area contributed by atoms with Crippen LogP contribution in [0.15, 0.2) is 0 Å². The molecule has 2 N–H and O–H groups in total. The van der Waals surface area contributed by atoms with Crippen LogP contribution in [-0.2, 0) is 39.2 Å². The molecule has 0 radical (unpaired) electrons. The Balaban J connectivity index is 4.43. The zero-order valence-electron chi connectivity index (χ0n) is 9.66. The van der Waals surface area contributed by atoms with Crippen LogP contribution in [-0.4, -0.2) is 71.2 Å². The van der Waals surface area contributed by atoms with E-state index in [0.29, 0.717) is 4.31 Å². The van der Waals surface area contributed by atoms with Gasteiger partial charge < -0.3 is 0 Å². The normalized spacial score (nSPS) is 13.9. The number of nitrogens with zero attached hydrogens (tertiary/aromatic N) is 1. The van der Waals surface area contributed by atoms with Gasteiger partial charge in [-0.2, -0.15) is 21.1 Å². The van der Waals surface area contributed by atoms with E-state index in [1.54, 1.807) is 0 Å². The van der Waals surface area contributed by atoms with Crippen molar-refractivity contribution in [2.45, 2.75) is 0 Å². The molecule has 0 aliphatic carbocycles. The van der Waals surface area contributed by atoms with Gasteiger partial charge in [-0.1, -0.05) is 0 Å². The predicted molar refractivity (Wildman–Crippen MR) is 61.4 cm³/mol. The molecule has 0 aromatic carbocycles. The third-order valence-corrected chi connectivity index (χ3v) is 3.85. The van der Waals surface area contributed by atoms with Crippen LogP contribution in [0.3, 0.4) is 0 Å². The molecule has 0 rings (SSSR count). The van der Waals surface area contributed by atoms with Crippen molar-refractivity contribution in [3.8, 4) is 0 Å². The van der Waals surface area contributed by atoms with Crippen LogP contribution in [0.2, 0.25) is 0 Å². The fraction of sp³-hybridized carbons (Fsp3) is 1.00. The first-order valence-electron chi connectivity index (χ1n) is 4.50. The van der Waals surface area contributed by atoms with Crippen LogP contribution >= 0.6 is 0 Å². The summed E-state index contributed by atoms with van der Waals surface area (Å²) in [6.07, 6.45) is 0.786. The van der Waals surface area contributed by atoms with E-state index in [1.807, 2.05) is 0 Å². The van der Waals surface area contributed by atoms with Crippen molar-refractivity contribution < 1.29 is 42.7 Å².